The average Bonchev–Trinajstić information content (AvgIpc) is 2.84. The molecule has 1 fully saturated rings. The van der Waals surface area contributed by atoms with Gasteiger partial charge in [0.2, 0.25) is 5.91 Å². The minimum Gasteiger partial charge on any atom is -0.385 e. The van der Waals surface area contributed by atoms with E-state index in [1.165, 1.54) is 0 Å². The van der Waals surface area contributed by atoms with Gasteiger partial charge in [-0.25, -0.2) is 0 Å². The molecule has 1 aromatic carbocycles. The van der Waals surface area contributed by atoms with E-state index in [0.29, 0.717) is 6.61 Å². The Hall–Kier alpha value is -1.55. The molecule has 2 aliphatic heterocycles. The molecule has 0 aliphatic carbocycles. The van der Waals surface area contributed by atoms with Crippen LogP contribution >= 0.6 is 0 Å². The molecule has 1 saturated heterocycles. The fourth-order valence-electron chi connectivity index (χ4n) is 2.89. The molecule has 2 heterocycles. The topological polar surface area (TPSA) is 50.4 Å². The number of benzene rings is 1. The number of carbonyl (C=O) groups excluding carboxylic acids is 1. The SMILES string of the molecule is CC1(NC(=O)C2CCNc3ccccc32)CCOC1. The van der Waals surface area contributed by atoms with E-state index in [2.05, 4.69) is 17.6 Å². The van der Waals surface area contributed by atoms with Gasteiger partial charge in [-0.2, -0.15) is 0 Å². The van der Waals surface area contributed by atoms with Crippen molar-refractivity contribution in [2.75, 3.05) is 25.1 Å². The number of hydrogen-bond acceptors (Lipinski definition) is 3. The number of ether oxygens (including phenoxy) is 1. The first-order chi connectivity index (χ1) is 9.18. The van der Waals surface area contributed by atoms with Crippen LogP contribution in [-0.2, 0) is 9.53 Å². The second-order valence-electron chi connectivity index (χ2n) is 5.71. The Morgan fingerprint density at radius 3 is 3.11 bits per heavy atom. The molecule has 4 nitrogen and oxygen atoms in total. The summed E-state index contributed by atoms with van der Waals surface area (Å²) in [4.78, 5) is 12.5. The number of nitrogens with one attached hydrogen (secondary N) is 2. The maximum atomic E-state index is 12.5. The predicted molar refractivity (Wildman–Crippen MR) is 74.3 cm³/mol. The van der Waals surface area contributed by atoms with E-state index in [0.717, 1.165) is 37.2 Å². The number of hydrogen-bond donors (Lipinski definition) is 2. The van der Waals surface area contributed by atoms with Gasteiger partial charge in [-0.15, -0.1) is 0 Å². The minimum atomic E-state index is -0.198. The van der Waals surface area contributed by atoms with Crippen LogP contribution < -0.4 is 10.6 Å². The van der Waals surface area contributed by atoms with E-state index in [9.17, 15) is 4.79 Å². The maximum absolute atomic E-state index is 12.5. The number of carbonyl (C=O) groups is 1. The fourth-order valence-corrected chi connectivity index (χ4v) is 2.89. The molecule has 0 spiro atoms. The molecule has 2 aliphatic rings. The van der Waals surface area contributed by atoms with Crippen LogP contribution in [0.2, 0.25) is 0 Å². The van der Waals surface area contributed by atoms with Crippen LogP contribution in [-0.4, -0.2) is 31.2 Å². The largest absolute Gasteiger partial charge is 0.385 e. The molecule has 0 bridgehead atoms. The van der Waals surface area contributed by atoms with Gasteiger partial charge in [-0.05, 0) is 31.4 Å². The fraction of sp³-hybridized carbons (Fsp3) is 0.533. The van der Waals surface area contributed by atoms with Gasteiger partial charge >= 0.3 is 0 Å². The number of fused-ring (bicyclic) bond motifs is 1. The van der Waals surface area contributed by atoms with Gasteiger partial charge in [0.05, 0.1) is 18.1 Å². The van der Waals surface area contributed by atoms with Crippen LogP contribution in [0.25, 0.3) is 0 Å². The van der Waals surface area contributed by atoms with Crippen molar-refractivity contribution in [2.24, 2.45) is 0 Å². The van der Waals surface area contributed by atoms with E-state index in [-0.39, 0.29) is 17.4 Å². The Kier molecular flexibility index (Phi) is 3.19. The monoisotopic (exact) mass is 260 g/mol. The lowest BCUT2D eigenvalue weighted by Crippen LogP contribution is -2.48. The zero-order chi connectivity index (χ0) is 13.3. The van der Waals surface area contributed by atoms with E-state index < -0.39 is 0 Å². The number of para-hydroxylation sites is 1. The van der Waals surface area contributed by atoms with Gasteiger partial charge in [0, 0.05) is 18.8 Å². The average molecular weight is 260 g/mol. The van der Waals surface area contributed by atoms with Crippen molar-refractivity contribution < 1.29 is 9.53 Å². The lowest BCUT2D eigenvalue weighted by atomic mass is 9.89. The summed E-state index contributed by atoms with van der Waals surface area (Å²) in [5.41, 5.74) is 1.99. The zero-order valence-electron chi connectivity index (χ0n) is 11.2. The predicted octanol–water partition coefficient (Wildman–Crippen LogP) is 1.88. The highest BCUT2D eigenvalue weighted by molar-refractivity contribution is 5.86. The summed E-state index contributed by atoms with van der Waals surface area (Å²) in [5, 5.41) is 6.52. The Labute approximate surface area is 113 Å². The lowest BCUT2D eigenvalue weighted by molar-refractivity contribution is -0.124. The molecule has 3 rings (SSSR count). The van der Waals surface area contributed by atoms with E-state index >= 15 is 0 Å². The van der Waals surface area contributed by atoms with Crippen molar-refractivity contribution in [3.05, 3.63) is 29.8 Å². The molecule has 0 aromatic heterocycles. The second-order valence-corrected chi connectivity index (χ2v) is 5.71. The standard InChI is InChI=1S/C15H20N2O2/c1-15(7-9-19-10-15)17-14(18)12-6-8-16-13-5-3-2-4-11(12)13/h2-5,12,16H,6-10H2,1H3,(H,17,18). The first-order valence-electron chi connectivity index (χ1n) is 6.91. The molecule has 19 heavy (non-hydrogen) atoms. The van der Waals surface area contributed by atoms with Crippen molar-refractivity contribution >= 4 is 11.6 Å². The van der Waals surface area contributed by atoms with Gasteiger partial charge in [-0.3, -0.25) is 4.79 Å². The summed E-state index contributed by atoms with van der Waals surface area (Å²) < 4.78 is 5.39. The maximum Gasteiger partial charge on any atom is 0.228 e. The minimum absolute atomic E-state index is 0.0464. The van der Waals surface area contributed by atoms with Crippen molar-refractivity contribution in [3.8, 4) is 0 Å². The highest BCUT2D eigenvalue weighted by Crippen LogP contribution is 2.32. The zero-order valence-corrected chi connectivity index (χ0v) is 11.2. The molecule has 2 unspecified atom stereocenters. The van der Waals surface area contributed by atoms with Crippen LogP contribution in [0.15, 0.2) is 24.3 Å². The summed E-state index contributed by atoms with van der Waals surface area (Å²) >= 11 is 0. The summed E-state index contributed by atoms with van der Waals surface area (Å²) in [5.74, 6) is 0.0804. The third-order valence-corrected chi connectivity index (χ3v) is 4.04. The van der Waals surface area contributed by atoms with E-state index in [1.54, 1.807) is 0 Å². The molecule has 1 aromatic rings. The Bertz CT molecular complexity index is 481. The van der Waals surface area contributed by atoms with Crippen LogP contribution in [0.5, 0.6) is 0 Å². The Morgan fingerprint density at radius 2 is 2.32 bits per heavy atom. The van der Waals surface area contributed by atoms with Gasteiger partial charge in [0.25, 0.3) is 0 Å². The molecule has 0 radical (unpaired) electrons. The third-order valence-electron chi connectivity index (χ3n) is 4.04. The Balaban J connectivity index is 1.78. The number of anilines is 1. The van der Waals surface area contributed by atoms with Crippen molar-refractivity contribution in [3.63, 3.8) is 0 Å². The molecule has 2 atom stereocenters. The highest BCUT2D eigenvalue weighted by atomic mass is 16.5. The molecule has 102 valence electrons. The first-order valence-corrected chi connectivity index (χ1v) is 6.91. The summed E-state index contributed by atoms with van der Waals surface area (Å²) in [6.07, 6.45) is 1.74. The second kappa shape index (κ2) is 4.85. The van der Waals surface area contributed by atoms with Crippen molar-refractivity contribution in [1.82, 2.24) is 5.32 Å². The molecule has 4 heteroatoms. The summed E-state index contributed by atoms with van der Waals surface area (Å²) in [6, 6.07) is 8.07. The molecule has 2 N–H and O–H groups in total. The van der Waals surface area contributed by atoms with E-state index in [1.807, 2.05) is 24.3 Å². The van der Waals surface area contributed by atoms with E-state index in [4.69, 9.17) is 4.74 Å². The lowest BCUT2D eigenvalue weighted by Gasteiger charge is -2.30. The third kappa shape index (κ3) is 2.45. The summed E-state index contributed by atoms with van der Waals surface area (Å²) in [6.45, 7) is 4.26. The molecule has 1 amide bonds. The summed E-state index contributed by atoms with van der Waals surface area (Å²) in [7, 11) is 0. The van der Waals surface area contributed by atoms with Gasteiger partial charge in [0.15, 0.2) is 0 Å². The number of rotatable bonds is 2. The van der Waals surface area contributed by atoms with Gasteiger partial charge in [-0.1, -0.05) is 18.2 Å². The first kappa shape index (κ1) is 12.5. The normalized spacial score (nSPS) is 29.4. The molecular formula is C15H20N2O2. The quantitative estimate of drug-likeness (QED) is 0.853. The Morgan fingerprint density at radius 1 is 1.47 bits per heavy atom. The number of amides is 1. The molecular weight excluding hydrogens is 240 g/mol. The van der Waals surface area contributed by atoms with Crippen molar-refractivity contribution in [1.29, 1.82) is 0 Å². The van der Waals surface area contributed by atoms with Gasteiger partial charge < -0.3 is 15.4 Å². The van der Waals surface area contributed by atoms with Crippen LogP contribution in [0.1, 0.15) is 31.2 Å². The smallest absolute Gasteiger partial charge is 0.228 e. The van der Waals surface area contributed by atoms with Crippen LogP contribution in [0, 0.1) is 0 Å². The van der Waals surface area contributed by atoms with Crippen molar-refractivity contribution in [2.45, 2.75) is 31.2 Å². The van der Waals surface area contributed by atoms with Crippen LogP contribution in [0.4, 0.5) is 5.69 Å². The van der Waals surface area contributed by atoms with Gasteiger partial charge in [0.1, 0.15) is 0 Å². The highest BCUT2D eigenvalue weighted by Gasteiger charge is 2.35. The molecule has 0 saturated carbocycles. The van der Waals surface area contributed by atoms with Crippen LogP contribution in [0.3, 0.4) is 0 Å².